The van der Waals surface area contributed by atoms with Crippen LogP contribution in [0, 0.1) is 0 Å². The van der Waals surface area contributed by atoms with E-state index in [1.165, 1.54) is 23.0 Å². The molecule has 0 radical (unpaired) electrons. The van der Waals surface area contributed by atoms with Crippen LogP contribution in [0.2, 0.25) is 5.02 Å². The minimum Gasteiger partial charge on any atom is -0.384 e. The predicted octanol–water partition coefficient (Wildman–Crippen LogP) is 2.48. The standard InChI is InChI=1S/C17H17ClF2N6O2/c18-8-5-9(24-11-6-10(21)22-7-23-11)15(27)26-12(8)13-14(28-13)25-17(26)3-1-16(19,20)2-4-17/h5-7,13-14,25H,1-4H2,(H3,21,22,23,24). The van der Waals surface area contributed by atoms with Gasteiger partial charge < -0.3 is 15.8 Å². The van der Waals surface area contributed by atoms with Gasteiger partial charge in [-0.2, -0.15) is 0 Å². The molecule has 1 saturated carbocycles. The summed E-state index contributed by atoms with van der Waals surface area (Å²) in [5, 5.41) is 6.48. The largest absolute Gasteiger partial charge is 0.384 e. The summed E-state index contributed by atoms with van der Waals surface area (Å²) in [4.78, 5) is 21.2. The van der Waals surface area contributed by atoms with Crippen LogP contribution in [0.25, 0.3) is 0 Å². The van der Waals surface area contributed by atoms with E-state index >= 15 is 0 Å². The molecule has 1 spiro atoms. The smallest absolute Gasteiger partial charge is 0.276 e. The summed E-state index contributed by atoms with van der Waals surface area (Å²) in [6, 6.07) is 2.98. The molecule has 1 aliphatic carbocycles. The number of nitrogens with zero attached hydrogens (tertiary/aromatic N) is 3. The number of alkyl halides is 2. The maximum Gasteiger partial charge on any atom is 0.276 e. The third kappa shape index (κ3) is 2.75. The Morgan fingerprint density at radius 3 is 2.75 bits per heavy atom. The molecule has 0 aromatic carbocycles. The minimum absolute atomic E-state index is 0.0969. The number of pyridine rings is 1. The van der Waals surface area contributed by atoms with Crippen molar-refractivity contribution < 1.29 is 13.5 Å². The van der Waals surface area contributed by atoms with Crippen LogP contribution in [0.1, 0.15) is 37.5 Å². The quantitative estimate of drug-likeness (QED) is 0.652. The minimum atomic E-state index is -2.74. The summed E-state index contributed by atoms with van der Waals surface area (Å²) in [6.45, 7) is 0. The fraction of sp³-hybridized carbons (Fsp3) is 0.471. The number of halogens is 3. The van der Waals surface area contributed by atoms with Crippen molar-refractivity contribution in [2.45, 2.75) is 49.6 Å². The van der Waals surface area contributed by atoms with E-state index in [2.05, 4.69) is 20.6 Å². The number of anilines is 3. The molecule has 148 valence electrons. The van der Waals surface area contributed by atoms with Crippen molar-refractivity contribution >= 4 is 28.9 Å². The number of nitrogens with two attached hydrogens (primary N) is 1. The monoisotopic (exact) mass is 410 g/mol. The maximum atomic E-state index is 13.8. The van der Waals surface area contributed by atoms with E-state index in [-0.39, 0.29) is 55.1 Å². The SMILES string of the molecule is Nc1cc(Nc2cc(Cl)c3n(c2=O)C2(CCC(F)(F)CC2)NC2OC32)ncn1. The fourth-order valence-electron chi connectivity index (χ4n) is 4.11. The molecule has 4 N–H and O–H groups in total. The first-order valence-electron chi connectivity index (χ1n) is 8.90. The van der Waals surface area contributed by atoms with Gasteiger partial charge in [-0.15, -0.1) is 0 Å². The van der Waals surface area contributed by atoms with E-state index in [1.807, 2.05) is 0 Å². The molecule has 8 nitrogen and oxygen atoms in total. The third-order valence-corrected chi connectivity index (χ3v) is 5.85. The zero-order valence-corrected chi connectivity index (χ0v) is 15.3. The van der Waals surface area contributed by atoms with Crippen LogP contribution < -0.4 is 21.9 Å². The van der Waals surface area contributed by atoms with E-state index < -0.39 is 11.6 Å². The lowest BCUT2D eigenvalue weighted by atomic mass is 9.84. The van der Waals surface area contributed by atoms with Gasteiger partial charge in [-0.3, -0.25) is 14.7 Å². The number of ether oxygens (including phenoxy) is 1. The van der Waals surface area contributed by atoms with Crippen LogP contribution in [0.4, 0.5) is 26.1 Å². The van der Waals surface area contributed by atoms with E-state index in [9.17, 15) is 13.6 Å². The van der Waals surface area contributed by atoms with Crippen LogP contribution in [-0.4, -0.2) is 26.7 Å². The molecule has 11 heteroatoms. The van der Waals surface area contributed by atoms with Crippen molar-refractivity contribution in [3.8, 4) is 0 Å². The van der Waals surface area contributed by atoms with Crippen LogP contribution in [0.15, 0.2) is 23.3 Å². The number of rotatable bonds is 2. The van der Waals surface area contributed by atoms with Gasteiger partial charge in [0, 0.05) is 18.9 Å². The van der Waals surface area contributed by atoms with Gasteiger partial charge in [0.15, 0.2) is 0 Å². The van der Waals surface area contributed by atoms with Gasteiger partial charge in [0.25, 0.3) is 5.56 Å². The first-order chi connectivity index (χ1) is 13.3. The fourth-order valence-corrected chi connectivity index (χ4v) is 4.41. The molecule has 5 rings (SSSR count). The van der Waals surface area contributed by atoms with Crippen molar-refractivity contribution in [3.63, 3.8) is 0 Å². The maximum absolute atomic E-state index is 13.8. The molecular weight excluding hydrogens is 394 g/mol. The Hall–Kier alpha value is -2.30. The van der Waals surface area contributed by atoms with E-state index in [1.54, 1.807) is 0 Å². The number of hydrogen-bond acceptors (Lipinski definition) is 7. The second-order valence-electron chi connectivity index (χ2n) is 7.39. The highest BCUT2D eigenvalue weighted by Crippen LogP contribution is 2.51. The molecule has 2 unspecified atom stereocenters. The average molecular weight is 411 g/mol. The molecule has 28 heavy (non-hydrogen) atoms. The molecule has 0 bridgehead atoms. The lowest BCUT2D eigenvalue weighted by Crippen LogP contribution is -2.59. The summed E-state index contributed by atoms with van der Waals surface area (Å²) in [6.07, 6.45) is 0.145. The van der Waals surface area contributed by atoms with Gasteiger partial charge >= 0.3 is 0 Å². The number of epoxide rings is 1. The zero-order valence-electron chi connectivity index (χ0n) is 14.6. The van der Waals surface area contributed by atoms with Crippen LogP contribution in [0.5, 0.6) is 0 Å². The van der Waals surface area contributed by atoms with Gasteiger partial charge in [-0.05, 0) is 18.9 Å². The lowest BCUT2D eigenvalue weighted by Gasteiger charge is -2.44. The number of nitrogen functional groups attached to an aromatic ring is 1. The average Bonchev–Trinajstić information content (AvgIpc) is 3.40. The number of hydrogen-bond donors (Lipinski definition) is 3. The Morgan fingerprint density at radius 1 is 1.29 bits per heavy atom. The van der Waals surface area contributed by atoms with Gasteiger partial charge in [0.1, 0.15) is 41.6 Å². The summed E-state index contributed by atoms with van der Waals surface area (Å²) in [7, 11) is 0. The number of aromatic nitrogens is 3. The van der Waals surface area contributed by atoms with Crippen LogP contribution >= 0.6 is 11.6 Å². The second-order valence-corrected chi connectivity index (χ2v) is 7.80. The molecule has 2 atom stereocenters. The molecule has 4 heterocycles. The molecule has 0 amide bonds. The third-order valence-electron chi connectivity index (χ3n) is 5.55. The van der Waals surface area contributed by atoms with Crippen molar-refractivity contribution in [3.05, 3.63) is 39.5 Å². The first kappa shape index (κ1) is 17.8. The van der Waals surface area contributed by atoms with Gasteiger partial charge in [0.05, 0.1) is 10.7 Å². The molecule has 2 aliphatic heterocycles. The highest BCUT2D eigenvalue weighted by molar-refractivity contribution is 6.31. The van der Waals surface area contributed by atoms with Crippen LogP contribution in [0.3, 0.4) is 0 Å². The molecule has 2 fully saturated rings. The number of nitrogens with one attached hydrogen (secondary N) is 2. The van der Waals surface area contributed by atoms with E-state index in [4.69, 9.17) is 22.1 Å². The second kappa shape index (κ2) is 5.85. The zero-order chi connectivity index (χ0) is 19.7. The van der Waals surface area contributed by atoms with Crippen molar-refractivity contribution in [1.82, 2.24) is 19.9 Å². The van der Waals surface area contributed by atoms with Crippen molar-refractivity contribution in [2.75, 3.05) is 11.1 Å². The molecule has 3 aliphatic rings. The molecule has 2 aromatic rings. The van der Waals surface area contributed by atoms with Gasteiger partial charge in [-0.25, -0.2) is 18.7 Å². The van der Waals surface area contributed by atoms with E-state index in [0.717, 1.165) is 0 Å². The lowest BCUT2D eigenvalue weighted by molar-refractivity contribution is -0.0754. The Morgan fingerprint density at radius 2 is 2.04 bits per heavy atom. The Balaban J connectivity index is 1.62. The summed E-state index contributed by atoms with van der Waals surface area (Å²) < 4.78 is 34.7. The van der Waals surface area contributed by atoms with Crippen LogP contribution in [-0.2, 0) is 10.4 Å². The van der Waals surface area contributed by atoms with Crippen molar-refractivity contribution in [2.24, 2.45) is 0 Å². The highest BCUT2D eigenvalue weighted by Gasteiger charge is 2.57. The molecular formula is C17H17ClF2N6O2. The first-order valence-corrected chi connectivity index (χ1v) is 9.27. The highest BCUT2D eigenvalue weighted by atomic mass is 35.5. The van der Waals surface area contributed by atoms with Gasteiger partial charge in [0.2, 0.25) is 5.92 Å². The van der Waals surface area contributed by atoms with Gasteiger partial charge in [-0.1, -0.05) is 11.6 Å². The predicted molar refractivity (Wildman–Crippen MR) is 97.6 cm³/mol. The Bertz CT molecular complexity index is 1020. The Labute approximate surface area is 163 Å². The van der Waals surface area contributed by atoms with Crippen molar-refractivity contribution in [1.29, 1.82) is 0 Å². The summed E-state index contributed by atoms with van der Waals surface area (Å²) in [5.74, 6) is -2.17. The molecule has 1 saturated heterocycles. The van der Waals surface area contributed by atoms with E-state index in [0.29, 0.717) is 16.5 Å². The molecule has 2 aromatic heterocycles. The summed E-state index contributed by atoms with van der Waals surface area (Å²) >= 11 is 6.48. The Kier molecular flexibility index (Phi) is 3.71. The number of fused-ring (bicyclic) bond motifs is 4. The topological polar surface area (TPSA) is 110 Å². The normalized spacial score (nSPS) is 26.4. The summed E-state index contributed by atoms with van der Waals surface area (Å²) in [5.41, 5.74) is 5.00.